The number of hydrogen-bond donors (Lipinski definition) is 0. The molecule has 3 aromatic carbocycles. The first-order chi connectivity index (χ1) is 13.5. The summed E-state index contributed by atoms with van der Waals surface area (Å²) in [6.45, 7) is 6.62. The maximum Gasteiger partial charge on any atom is 0.234 e. The summed E-state index contributed by atoms with van der Waals surface area (Å²) < 4.78 is 5.85. The minimum absolute atomic E-state index is 0.133. The van der Waals surface area contributed by atoms with Crippen LogP contribution in [0.4, 0.5) is 0 Å². The third kappa shape index (κ3) is 3.89. The van der Waals surface area contributed by atoms with Gasteiger partial charge in [0.15, 0.2) is 0 Å². The number of azo groups is 1. The van der Waals surface area contributed by atoms with Crippen molar-refractivity contribution in [2.45, 2.75) is 32.4 Å². The second kappa shape index (κ2) is 7.43. The van der Waals surface area contributed by atoms with Gasteiger partial charge in [0.1, 0.15) is 12.0 Å². The lowest BCUT2D eigenvalue weighted by Crippen LogP contribution is -2.10. The fourth-order valence-electron chi connectivity index (χ4n) is 3.18. The number of nitrogens with zero attached hydrogens (tertiary/aromatic N) is 2. The minimum Gasteiger partial charge on any atom is -0.468 e. The largest absolute Gasteiger partial charge is 0.468 e. The normalized spacial score (nSPS) is 16.4. The fraction of sp³-hybridized carbons (Fsp3) is 0.200. The molecule has 1 aliphatic rings. The van der Waals surface area contributed by atoms with Crippen molar-refractivity contribution in [1.29, 1.82) is 0 Å². The lowest BCUT2D eigenvalue weighted by atomic mass is 9.86. The van der Waals surface area contributed by atoms with Crippen LogP contribution in [0.25, 0.3) is 16.8 Å². The Hall–Kier alpha value is -3.20. The molecule has 1 aliphatic heterocycles. The number of rotatable bonds is 3. The zero-order valence-electron chi connectivity index (χ0n) is 16.5. The van der Waals surface area contributed by atoms with Crippen LogP contribution < -0.4 is 0 Å². The maximum absolute atomic E-state index is 5.85. The maximum atomic E-state index is 5.85. The van der Waals surface area contributed by atoms with E-state index in [1.165, 1.54) is 16.7 Å². The van der Waals surface area contributed by atoms with Gasteiger partial charge in [-0.25, -0.2) is 0 Å². The van der Waals surface area contributed by atoms with E-state index in [0.717, 1.165) is 16.8 Å². The van der Waals surface area contributed by atoms with Crippen LogP contribution in [0.5, 0.6) is 0 Å². The number of ether oxygens (including phenoxy) is 1. The molecular formula is C25H24N2O. The van der Waals surface area contributed by atoms with Crippen molar-refractivity contribution in [3.63, 3.8) is 0 Å². The molecule has 0 amide bonds. The summed E-state index contributed by atoms with van der Waals surface area (Å²) in [7, 11) is 0. The van der Waals surface area contributed by atoms with Crippen LogP contribution in [0.1, 0.15) is 43.7 Å². The van der Waals surface area contributed by atoms with Crippen molar-refractivity contribution in [2.24, 2.45) is 10.2 Å². The van der Waals surface area contributed by atoms with Gasteiger partial charge >= 0.3 is 0 Å². The molecule has 0 aliphatic carbocycles. The number of benzene rings is 3. The van der Waals surface area contributed by atoms with Crippen LogP contribution in [0, 0.1) is 0 Å². The summed E-state index contributed by atoms with van der Waals surface area (Å²) in [6.07, 6.45) is 1.30. The van der Waals surface area contributed by atoms with E-state index in [9.17, 15) is 0 Å². The Morgan fingerprint density at radius 1 is 0.714 bits per heavy atom. The van der Waals surface area contributed by atoms with E-state index in [1.54, 1.807) is 6.26 Å². The molecule has 0 saturated carbocycles. The highest BCUT2D eigenvalue weighted by Crippen LogP contribution is 2.31. The van der Waals surface area contributed by atoms with E-state index in [-0.39, 0.29) is 5.41 Å². The molecule has 0 bridgehead atoms. The highest BCUT2D eigenvalue weighted by atomic mass is 16.5. The Morgan fingerprint density at radius 3 is 1.89 bits per heavy atom. The Kier molecular flexibility index (Phi) is 4.82. The van der Waals surface area contributed by atoms with Gasteiger partial charge in [-0.3, -0.25) is 0 Å². The molecule has 1 heterocycles. The summed E-state index contributed by atoms with van der Waals surface area (Å²) in [5, 5.41) is 8.76. The molecule has 4 rings (SSSR count). The highest BCUT2D eigenvalue weighted by Gasteiger charge is 2.17. The van der Waals surface area contributed by atoms with Crippen LogP contribution in [0.3, 0.4) is 0 Å². The van der Waals surface area contributed by atoms with Gasteiger partial charge in [-0.05, 0) is 22.1 Å². The van der Waals surface area contributed by atoms with Gasteiger partial charge in [-0.2, -0.15) is 0 Å². The van der Waals surface area contributed by atoms with Crippen LogP contribution in [-0.2, 0) is 10.2 Å². The van der Waals surface area contributed by atoms with Gasteiger partial charge < -0.3 is 4.74 Å². The zero-order chi connectivity index (χ0) is 19.6. The summed E-state index contributed by atoms with van der Waals surface area (Å²) in [6, 6.07) is 27.0. The molecule has 1 unspecified atom stereocenters. The van der Waals surface area contributed by atoms with E-state index < -0.39 is 6.23 Å². The van der Waals surface area contributed by atoms with Crippen molar-refractivity contribution in [3.05, 3.63) is 102 Å². The zero-order valence-corrected chi connectivity index (χ0v) is 16.5. The highest BCUT2D eigenvalue weighted by molar-refractivity contribution is 5.65. The van der Waals surface area contributed by atoms with Crippen LogP contribution >= 0.6 is 0 Å². The van der Waals surface area contributed by atoms with Crippen LogP contribution in [0.2, 0.25) is 0 Å². The quantitative estimate of drug-likeness (QED) is 0.484. The topological polar surface area (TPSA) is 34.0 Å². The standard InChI is InChI=1S/C25H24N2O/c1-25(2,3)22-15-13-20(14-16-22)23-17-28-24(27-26-23)21-11-9-19(10-12-21)18-7-5-4-6-8-18/h4-17,24H,1-3H3. The average molecular weight is 368 g/mol. The Bertz CT molecular complexity index is 995. The lowest BCUT2D eigenvalue weighted by molar-refractivity contribution is 0.141. The first-order valence-electron chi connectivity index (χ1n) is 9.53. The molecule has 0 N–H and O–H groups in total. The molecule has 28 heavy (non-hydrogen) atoms. The Morgan fingerprint density at radius 2 is 1.32 bits per heavy atom. The van der Waals surface area contributed by atoms with Gasteiger partial charge in [0.05, 0.1) is 0 Å². The summed E-state index contributed by atoms with van der Waals surface area (Å²) in [5.41, 5.74) is 6.54. The van der Waals surface area contributed by atoms with Crippen molar-refractivity contribution >= 4 is 5.70 Å². The van der Waals surface area contributed by atoms with Crippen molar-refractivity contribution in [1.82, 2.24) is 0 Å². The van der Waals surface area contributed by atoms with Gasteiger partial charge in [0.2, 0.25) is 6.23 Å². The molecule has 3 aromatic rings. The third-order valence-electron chi connectivity index (χ3n) is 4.93. The second-order valence-electron chi connectivity index (χ2n) is 8.02. The molecule has 1 atom stereocenters. The van der Waals surface area contributed by atoms with Crippen LogP contribution in [0.15, 0.2) is 95.4 Å². The second-order valence-corrected chi connectivity index (χ2v) is 8.02. The van der Waals surface area contributed by atoms with E-state index in [4.69, 9.17) is 4.74 Å². The molecule has 3 nitrogen and oxygen atoms in total. The monoisotopic (exact) mass is 368 g/mol. The SMILES string of the molecule is CC(C)(C)c1ccc(C2=COC(c3ccc(-c4ccccc4)cc3)N=N2)cc1. The summed E-state index contributed by atoms with van der Waals surface area (Å²) >= 11 is 0. The smallest absolute Gasteiger partial charge is 0.234 e. The van der Waals surface area contributed by atoms with Crippen molar-refractivity contribution in [2.75, 3.05) is 0 Å². The first kappa shape index (κ1) is 18.2. The molecule has 0 radical (unpaired) electrons. The van der Waals surface area contributed by atoms with E-state index >= 15 is 0 Å². The molecule has 0 spiro atoms. The van der Waals surface area contributed by atoms with Gasteiger partial charge in [0, 0.05) is 11.1 Å². The predicted octanol–water partition coefficient (Wildman–Crippen LogP) is 7.13. The lowest BCUT2D eigenvalue weighted by Gasteiger charge is -2.20. The van der Waals surface area contributed by atoms with E-state index in [1.807, 2.05) is 30.3 Å². The Labute approximate surface area is 166 Å². The molecule has 0 aromatic heterocycles. The molecule has 3 heteroatoms. The average Bonchev–Trinajstić information content (AvgIpc) is 2.74. The van der Waals surface area contributed by atoms with Crippen molar-refractivity contribution in [3.8, 4) is 11.1 Å². The van der Waals surface area contributed by atoms with Crippen molar-refractivity contribution < 1.29 is 4.74 Å². The third-order valence-corrected chi connectivity index (χ3v) is 4.93. The summed E-state index contributed by atoms with van der Waals surface area (Å²) in [4.78, 5) is 0. The molecule has 140 valence electrons. The first-order valence-corrected chi connectivity index (χ1v) is 9.53. The Balaban J connectivity index is 1.46. The number of hydrogen-bond acceptors (Lipinski definition) is 3. The van der Waals surface area contributed by atoms with Gasteiger partial charge in [-0.1, -0.05) is 99.6 Å². The predicted molar refractivity (Wildman–Crippen MR) is 114 cm³/mol. The van der Waals surface area contributed by atoms with Gasteiger partial charge in [-0.15, -0.1) is 10.2 Å². The van der Waals surface area contributed by atoms with E-state index in [0.29, 0.717) is 0 Å². The molecule has 0 saturated heterocycles. The minimum atomic E-state index is -0.401. The molecule has 0 fully saturated rings. The molecular weight excluding hydrogens is 344 g/mol. The van der Waals surface area contributed by atoms with Gasteiger partial charge in [0.25, 0.3) is 0 Å². The van der Waals surface area contributed by atoms with E-state index in [2.05, 4.69) is 79.5 Å². The van der Waals surface area contributed by atoms with Crippen LogP contribution in [-0.4, -0.2) is 0 Å². The fourth-order valence-corrected chi connectivity index (χ4v) is 3.18. The summed E-state index contributed by atoms with van der Waals surface area (Å²) in [5.74, 6) is 0.